The normalized spacial score (nSPS) is 15.9. The van der Waals surface area contributed by atoms with Gasteiger partial charge in [0.25, 0.3) is 5.91 Å². The van der Waals surface area contributed by atoms with Crippen molar-refractivity contribution in [3.63, 3.8) is 0 Å². The number of ether oxygens (including phenoxy) is 1. The van der Waals surface area contributed by atoms with E-state index in [0.29, 0.717) is 33.7 Å². The molecule has 1 heterocycles. The van der Waals surface area contributed by atoms with Gasteiger partial charge in [-0.05, 0) is 69.6 Å². The Hall–Kier alpha value is -1.75. The second-order valence-electron chi connectivity index (χ2n) is 7.44. The highest BCUT2D eigenvalue weighted by atomic mass is 35.5. The van der Waals surface area contributed by atoms with E-state index in [1.165, 1.54) is 5.56 Å². The Morgan fingerprint density at radius 1 is 1.26 bits per heavy atom. The average molecular weight is 407 g/mol. The van der Waals surface area contributed by atoms with Crippen LogP contribution in [0, 0.1) is 0 Å². The summed E-state index contributed by atoms with van der Waals surface area (Å²) in [5.41, 5.74) is 3.44. The Labute approximate surface area is 170 Å². The van der Waals surface area contributed by atoms with Crippen molar-refractivity contribution in [1.82, 2.24) is 4.90 Å². The van der Waals surface area contributed by atoms with Crippen LogP contribution in [0.3, 0.4) is 0 Å². The van der Waals surface area contributed by atoms with Crippen LogP contribution >= 0.6 is 23.2 Å². The molecule has 4 nitrogen and oxygen atoms in total. The molecule has 27 heavy (non-hydrogen) atoms. The van der Waals surface area contributed by atoms with Gasteiger partial charge in [0.15, 0.2) is 0 Å². The van der Waals surface area contributed by atoms with Crippen LogP contribution in [0.4, 0.5) is 5.69 Å². The number of nitrogens with zero attached hydrogens (tertiary/aromatic N) is 1. The molecule has 2 aromatic rings. The van der Waals surface area contributed by atoms with Crippen LogP contribution in [-0.2, 0) is 13.0 Å². The molecule has 6 heteroatoms. The molecule has 0 aromatic heterocycles. The topological polar surface area (TPSA) is 41.6 Å². The number of likely N-dealkylation sites (N-methyl/N-ethyl adjacent to an activating group) is 1. The van der Waals surface area contributed by atoms with Crippen molar-refractivity contribution in [2.75, 3.05) is 19.0 Å². The van der Waals surface area contributed by atoms with Gasteiger partial charge >= 0.3 is 0 Å². The van der Waals surface area contributed by atoms with Crippen molar-refractivity contribution in [3.8, 4) is 5.75 Å². The summed E-state index contributed by atoms with van der Waals surface area (Å²) in [6.07, 6.45) is 0.918. The summed E-state index contributed by atoms with van der Waals surface area (Å²) in [6.45, 7) is 7.58. The van der Waals surface area contributed by atoms with E-state index in [1.54, 1.807) is 18.2 Å². The number of hydrogen-bond acceptors (Lipinski definition) is 3. The van der Waals surface area contributed by atoms with E-state index in [0.717, 1.165) is 18.5 Å². The number of carbonyl (C=O) groups excluding carboxylic acids is 1. The van der Waals surface area contributed by atoms with Crippen molar-refractivity contribution in [3.05, 3.63) is 57.1 Å². The molecule has 3 rings (SSSR count). The third-order valence-electron chi connectivity index (χ3n) is 5.13. The molecule has 1 amide bonds. The van der Waals surface area contributed by atoms with Crippen LogP contribution in [0.5, 0.6) is 5.75 Å². The van der Waals surface area contributed by atoms with Gasteiger partial charge in [0.05, 0.1) is 22.3 Å². The number of benzene rings is 2. The largest absolute Gasteiger partial charge is 0.492 e. The first kappa shape index (κ1) is 20.0. The molecule has 0 atom stereocenters. The molecular formula is C21H24Cl2N2O2. The van der Waals surface area contributed by atoms with Crippen molar-refractivity contribution in [2.45, 2.75) is 39.3 Å². The fourth-order valence-corrected chi connectivity index (χ4v) is 3.78. The van der Waals surface area contributed by atoms with E-state index in [4.69, 9.17) is 27.9 Å². The first-order valence-corrected chi connectivity index (χ1v) is 9.73. The molecule has 0 aliphatic carbocycles. The second kappa shape index (κ2) is 7.70. The van der Waals surface area contributed by atoms with Crippen LogP contribution in [0.2, 0.25) is 10.0 Å². The number of rotatable bonds is 4. The van der Waals surface area contributed by atoms with Gasteiger partial charge in [-0.1, -0.05) is 29.3 Å². The van der Waals surface area contributed by atoms with Crippen molar-refractivity contribution in [1.29, 1.82) is 0 Å². The van der Waals surface area contributed by atoms with Gasteiger partial charge in [-0.3, -0.25) is 9.69 Å². The second-order valence-corrected chi connectivity index (χ2v) is 8.23. The zero-order chi connectivity index (χ0) is 19.8. The van der Waals surface area contributed by atoms with Gasteiger partial charge in [-0.2, -0.15) is 0 Å². The number of hydrogen-bond donors (Lipinski definition) is 1. The molecule has 1 N–H and O–H groups in total. The summed E-state index contributed by atoms with van der Waals surface area (Å²) in [4.78, 5) is 14.9. The van der Waals surface area contributed by atoms with Gasteiger partial charge in [0.2, 0.25) is 0 Å². The molecule has 0 unspecified atom stereocenters. The first-order chi connectivity index (χ1) is 12.7. The van der Waals surface area contributed by atoms with Gasteiger partial charge < -0.3 is 10.1 Å². The summed E-state index contributed by atoms with van der Waals surface area (Å²) < 4.78 is 5.41. The van der Waals surface area contributed by atoms with E-state index in [-0.39, 0.29) is 11.4 Å². The van der Waals surface area contributed by atoms with Crippen LogP contribution in [0.15, 0.2) is 30.3 Å². The van der Waals surface area contributed by atoms with Crippen LogP contribution < -0.4 is 10.1 Å². The van der Waals surface area contributed by atoms with E-state index >= 15 is 0 Å². The van der Waals surface area contributed by atoms with Crippen LogP contribution in [0.1, 0.15) is 42.3 Å². The summed E-state index contributed by atoms with van der Waals surface area (Å²) >= 11 is 12.8. The standard InChI is InChI=1S/C21H24Cl2N2O2/c1-5-27-18-9-7-13(10-16(18)22)20(26)24-17-8-6-14-11-21(2,3)25(4)12-15(14)19(17)23/h6-10H,5,11-12H2,1-4H3,(H,24,26). The molecule has 2 aromatic carbocycles. The predicted molar refractivity (Wildman–Crippen MR) is 111 cm³/mol. The van der Waals surface area contributed by atoms with Crippen molar-refractivity contribution in [2.24, 2.45) is 0 Å². The quantitative estimate of drug-likeness (QED) is 0.737. The number of carbonyl (C=O) groups is 1. The SMILES string of the molecule is CCOc1ccc(C(=O)Nc2ccc3c(c2Cl)CN(C)C(C)(C)C3)cc1Cl. The van der Waals surface area contributed by atoms with E-state index in [9.17, 15) is 4.79 Å². The Morgan fingerprint density at radius 2 is 2.00 bits per heavy atom. The molecule has 1 aliphatic heterocycles. The zero-order valence-corrected chi connectivity index (χ0v) is 17.5. The molecule has 1 aliphatic rings. The van der Waals surface area contributed by atoms with E-state index in [2.05, 4.69) is 37.2 Å². The van der Waals surface area contributed by atoms with Gasteiger partial charge in [-0.25, -0.2) is 0 Å². The Balaban J connectivity index is 1.83. The fraction of sp³-hybridized carbons (Fsp3) is 0.381. The predicted octanol–water partition coefficient (Wildman–Crippen LogP) is 5.41. The smallest absolute Gasteiger partial charge is 0.255 e. The fourth-order valence-electron chi connectivity index (χ4n) is 3.26. The maximum atomic E-state index is 12.6. The Morgan fingerprint density at radius 3 is 2.67 bits per heavy atom. The molecule has 0 saturated carbocycles. The van der Waals surface area contributed by atoms with Crippen LogP contribution in [-0.4, -0.2) is 30.0 Å². The minimum absolute atomic E-state index is 0.0835. The lowest BCUT2D eigenvalue weighted by atomic mass is 9.86. The maximum Gasteiger partial charge on any atom is 0.255 e. The monoisotopic (exact) mass is 406 g/mol. The highest BCUT2D eigenvalue weighted by Crippen LogP contribution is 2.37. The third kappa shape index (κ3) is 4.08. The molecule has 0 bridgehead atoms. The highest BCUT2D eigenvalue weighted by Gasteiger charge is 2.31. The van der Waals surface area contributed by atoms with Crippen LogP contribution in [0.25, 0.3) is 0 Å². The lowest BCUT2D eigenvalue weighted by Crippen LogP contribution is -2.46. The van der Waals surface area contributed by atoms with Gasteiger partial charge in [-0.15, -0.1) is 0 Å². The molecule has 0 spiro atoms. The Bertz CT molecular complexity index is 881. The lowest BCUT2D eigenvalue weighted by molar-refractivity contribution is 0.102. The molecule has 0 saturated heterocycles. The molecule has 0 fully saturated rings. The number of halogens is 2. The maximum absolute atomic E-state index is 12.6. The molecule has 0 radical (unpaired) electrons. The number of anilines is 1. The minimum atomic E-state index is -0.258. The average Bonchev–Trinajstić information content (AvgIpc) is 2.61. The summed E-state index contributed by atoms with van der Waals surface area (Å²) in [5.74, 6) is 0.305. The third-order valence-corrected chi connectivity index (χ3v) is 5.86. The van der Waals surface area contributed by atoms with Crippen molar-refractivity contribution < 1.29 is 9.53 Å². The number of nitrogens with one attached hydrogen (secondary N) is 1. The van der Waals surface area contributed by atoms with Gasteiger partial charge in [0, 0.05) is 17.6 Å². The van der Waals surface area contributed by atoms with Crippen molar-refractivity contribution >= 4 is 34.8 Å². The summed E-state index contributed by atoms with van der Waals surface area (Å²) in [6, 6.07) is 8.92. The number of fused-ring (bicyclic) bond motifs is 1. The Kier molecular flexibility index (Phi) is 5.71. The first-order valence-electron chi connectivity index (χ1n) is 8.98. The summed E-state index contributed by atoms with van der Waals surface area (Å²) in [7, 11) is 2.09. The number of amides is 1. The highest BCUT2D eigenvalue weighted by molar-refractivity contribution is 6.35. The molecular weight excluding hydrogens is 383 g/mol. The zero-order valence-electron chi connectivity index (χ0n) is 16.0. The summed E-state index contributed by atoms with van der Waals surface area (Å²) in [5, 5.41) is 3.91. The molecule has 144 valence electrons. The minimum Gasteiger partial charge on any atom is -0.492 e. The van der Waals surface area contributed by atoms with E-state index < -0.39 is 0 Å². The van der Waals surface area contributed by atoms with Gasteiger partial charge in [0.1, 0.15) is 5.75 Å². The lowest BCUT2D eigenvalue weighted by Gasteiger charge is -2.41. The van der Waals surface area contributed by atoms with E-state index in [1.807, 2.05) is 13.0 Å².